The summed E-state index contributed by atoms with van der Waals surface area (Å²) in [6, 6.07) is 11.6. The molecule has 0 bridgehead atoms. The van der Waals surface area contributed by atoms with Gasteiger partial charge in [-0.15, -0.1) is 0 Å². The fourth-order valence-electron chi connectivity index (χ4n) is 7.54. The normalized spacial score (nSPS) is 20.9. The van der Waals surface area contributed by atoms with Crippen molar-refractivity contribution in [3.05, 3.63) is 63.6 Å². The predicted molar refractivity (Wildman–Crippen MR) is 179 cm³/mol. The second kappa shape index (κ2) is 15.1. The Morgan fingerprint density at radius 2 is 1.54 bits per heavy atom. The molecule has 0 aliphatic carbocycles. The van der Waals surface area contributed by atoms with Crippen molar-refractivity contribution in [3.63, 3.8) is 0 Å². The van der Waals surface area contributed by atoms with Crippen molar-refractivity contribution in [2.24, 2.45) is 0 Å². The molecular weight excluding hydrogens is 691 g/mol. The molecule has 13 heteroatoms. The molecule has 3 saturated heterocycles. The first-order valence-electron chi connectivity index (χ1n) is 17.1. The maximum atomic E-state index is 13.9. The molecule has 1 N–H and O–H groups in total. The summed E-state index contributed by atoms with van der Waals surface area (Å²) in [7, 11) is 0. The zero-order chi connectivity index (χ0) is 33.8. The van der Waals surface area contributed by atoms with Crippen molar-refractivity contribution in [3.8, 4) is 0 Å². The monoisotopic (exact) mass is 733 g/mol. The number of hydrogen-bond donors (Lipinski definition) is 1. The van der Waals surface area contributed by atoms with Gasteiger partial charge in [0, 0.05) is 61.4 Å². The van der Waals surface area contributed by atoms with E-state index in [1.54, 1.807) is 9.80 Å². The Bertz CT molecular complexity index is 1470. The summed E-state index contributed by atoms with van der Waals surface area (Å²) in [6.45, 7) is 4.52. The van der Waals surface area contributed by atoms with Gasteiger partial charge in [0.05, 0.1) is 5.56 Å². The summed E-state index contributed by atoms with van der Waals surface area (Å²) in [5.41, 5.74) is 1.55. The number of hydrogen-bond acceptors (Lipinski definition) is 5. The van der Waals surface area contributed by atoms with Crippen LogP contribution in [-0.4, -0.2) is 102 Å². The third kappa shape index (κ3) is 8.10. The number of carbonyl (C=O) groups is 3. The topological polar surface area (TPSA) is 85.4 Å². The van der Waals surface area contributed by atoms with Crippen LogP contribution in [0.3, 0.4) is 0 Å². The lowest BCUT2D eigenvalue weighted by molar-refractivity contribution is -0.142. The second-order valence-corrected chi connectivity index (χ2v) is 14.1. The number of urea groups is 1. The molecule has 1 atom stereocenters. The van der Waals surface area contributed by atoms with Crippen molar-refractivity contribution < 1.29 is 32.3 Å². The lowest BCUT2D eigenvalue weighted by Crippen LogP contribution is -2.53. The number of rotatable bonds is 6. The SMILES string of the molecule is O=C(OC(Cc1ccc(C(F)(F)F)c(Br)c1)C(=O)N1CCC(N2CCCCC2)CC1)N1CCC(N2CCc3ccccc3NC2=O)CC1. The molecule has 48 heavy (non-hydrogen) atoms. The fourth-order valence-corrected chi connectivity index (χ4v) is 8.19. The van der Waals surface area contributed by atoms with Crippen LogP contribution in [0.2, 0.25) is 0 Å². The first-order valence-corrected chi connectivity index (χ1v) is 17.9. The summed E-state index contributed by atoms with van der Waals surface area (Å²) >= 11 is 3.03. The van der Waals surface area contributed by atoms with Gasteiger partial charge in [-0.05, 0) is 87.4 Å². The number of carbonyl (C=O) groups excluding carboxylic acids is 3. The van der Waals surface area contributed by atoms with Crippen LogP contribution >= 0.6 is 15.9 Å². The van der Waals surface area contributed by atoms with E-state index in [-0.39, 0.29) is 28.9 Å². The van der Waals surface area contributed by atoms with Gasteiger partial charge in [-0.25, -0.2) is 9.59 Å². The highest BCUT2D eigenvalue weighted by Gasteiger charge is 2.37. The van der Waals surface area contributed by atoms with Crippen LogP contribution in [-0.2, 0) is 28.5 Å². The zero-order valence-corrected chi connectivity index (χ0v) is 28.6. The van der Waals surface area contributed by atoms with Crippen molar-refractivity contribution in [1.29, 1.82) is 0 Å². The Labute approximate surface area is 287 Å². The Hall–Kier alpha value is -3.32. The summed E-state index contributed by atoms with van der Waals surface area (Å²) in [5.74, 6) is -0.327. The van der Waals surface area contributed by atoms with E-state index in [1.165, 1.54) is 31.4 Å². The van der Waals surface area contributed by atoms with Crippen LogP contribution in [0.1, 0.15) is 61.6 Å². The molecule has 3 fully saturated rings. The van der Waals surface area contributed by atoms with Gasteiger partial charge >= 0.3 is 18.3 Å². The number of piperidine rings is 3. The number of likely N-dealkylation sites (tertiary alicyclic amines) is 3. The second-order valence-electron chi connectivity index (χ2n) is 13.3. The number of ether oxygens (including phenoxy) is 1. The number of para-hydroxylation sites is 1. The highest BCUT2D eigenvalue weighted by atomic mass is 79.9. The van der Waals surface area contributed by atoms with Crippen LogP contribution in [0.4, 0.5) is 28.4 Å². The van der Waals surface area contributed by atoms with E-state index < -0.39 is 23.9 Å². The summed E-state index contributed by atoms with van der Waals surface area (Å²) in [4.78, 5) is 48.1. The molecule has 2 aromatic carbocycles. The van der Waals surface area contributed by atoms with Crippen LogP contribution in [0, 0.1) is 0 Å². The Morgan fingerprint density at radius 1 is 0.875 bits per heavy atom. The van der Waals surface area contributed by atoms with E-state index in [2.05, 4.69) is 26.1 Å². The molecule has 1 unspecified atom stereocenters. The molecule has 0 radical (unpaired) electrons. The third-order valence-corrected chi connectivity index (χ3v) is 10.9. The lowest BCUT2D eigenvalue weighted by Gasteiger charge is -2.41. The predicted octanol–water partition coefficient (Wildman–Crippen LogP) is 6.55. The molecule has 0 saturated carbocycles. The average Bonchev–Trinajstić information content (AvgIpc) is 3.25. The molecule has 9 nitrogen and oxygen atoms in total. The summed E-state index contributed by atoms with van der Waals surface area (Å²) < 4.78 is 46.0. The minimum atomic E-state index is -4.53. The molecule has 2 aromatic rings. The quantitative estimate of drug-likeness (QED) is 0.364. The van der Waals surface area contributed by atoms with Gasteiger partial charge in [-0.1, -0.05) is 46.6 Å². The third-order valence-electron chi connectivity index (χ3n) is 10.3. The molecule has 4 aliphatic rings. The smallest absolute Gasteiger partial charge is 0.417 e. The largest absolute Gasteiger partial charge is 0.436 e. The number of fused-ring (bicyclic) bond motifs is 1. The standard InChI is InChI=1S/C35H43BrF3N5O4/c36-29-22-24(8-9-28(29)35(37,38)39)23-31(32(45)42-17-11-26(12-18-42)41-15-4-1-5-16-41)48-34(47)43-19-13-27(14-20-43)44-21-10-25-6-2-3-7-30(25)40-33(44)46/h2-3,6-9,22,26-27,31H,1,4-5,10-21,23H2,(H,40,46). The van der Waals surface area contributed by atoms with E-state index in [0.717, 1.165) is 49.7 Å². The summed E-state index contributed by atoms with van der Waals surface area (Å²) in [5, 5.41) is 3.00. The molecular formula is C35H43BrF3N5O4. The molecule has 0 aromatic heterocycles. The van der Waals surface area contributed by atoms with Crippen molar-refractivity contribution in [2.45, 2.75) is 82.2 Å². The molecule has 0 spiro atoms. The molecule has 260 valence electrons. The first kappa shape index (κ1) is 34.5. The maximum Gasteiger partial charge on any atom is 0.417 e. The van der Waals surface area contributed by atoms with Crippen molar-refractivity contribution in [2.75, 3.05) is 51.1 Å². The minimum Gasteiger partial charge on any atom is -0.436 e. The van der Waals surface area contributed by atoms with Gasteiger partial charge in [-0.3, -0.25) is 4.79 Å². The highest BCUT2D eigenvalue weighted by Crippen LogP contribution is 2.35. The van der Waals surface area contributed by atoms with Crippen LogP contribution in [0.5, 0.6) is 0 Å². The Balaban J connectivity index is 1.10. The van der Waals surface area contributed by atoms with E-state index in [0.29, 0.717) is 57.2 Å². The lowest BCUT2D eigenvalue weighted by atomic mass is 9.98. The minimum absolute atomic E-state index is 0.0433. The molecule has 4 heterocycles. The first-order chi connectivity index (χ1) is 23.1. The zero-order valence-electron chi connectivity index (χ0n) is 27.0. The van der Waals surface area contributed by atoms with Crippen LogP contribution < -0.4 is 5.32 Å². The molecule has 4 amide bonds. The average molecular weight is 735 g/mol. The van der Waals surface area contributed by atoms with Gasteiger partial charge in [0.25, 0.3) is 5.91 Å². The molecule has 6 rings (SSSR count). The van der Waals surface area contributed by atoms with Gasteiger partial charge in [0.1, 0.15) is 0 Å². The van der Waals surface area contributed by atoms with Gasteiger partial charge < -0.3 is 29.7 Å². The van der Waals surface area contributed by atoms with Gasteiger partial charge in [-0.2, -0.15) is 13.2 Å². The van der Waals surface area contributed by atoms with Gasteiger partial charge in [0.2, 0.25) is 0 Å². The van der Waals surface area contributed by atoms with Crippen molar-refractivity contribution >= 4 is 39.6 Å². The number of anilines is 1. The highest BCUT2D eigenvalue weighted by molar-refractivity contribution is 9.10. The fraction of sp³-hybridized carbons (Fsp3) is 0.571. The van der Waals surface area contributed by atoms with Crippen LogP contribution in [0.25, 0.3) is 0 Å². The number of benzene rings is 2. The van der Waals surface area contributed by atoms with Crippen molar-refractivity contribution in [1.82, 2.24) is 19.6 Å². The number of halogens is 4. The van der Waals surface area contributed by atoms with Crippen LogP contribution in [0.15, 0.2) is 46.9 Å². The number of amides is 4. The number of nitrogens with one attached hydrogen (secondary N) is 1. The summed E-state index contributed by atoms with van der Waals surface area (Å²) in [6.07, 6.45) is 0.779. The van der Waals surface area contributed by atoms with Gasteiger partial charge in [0.15, 0.2) is 6.10 Å². The Morgan fingerprint density at radius 3 is 2.23 bits per heavy atom. The molecule has 4 aliphatic heterocycles. The Kier molecular flexibility index (Phi) is 10.8. The van der Waals surface area contributed by atoms with E-state index in [1.807, 2.05) is 29.2 Å². The van der Waals surface area contributed by atoms with E-state index in [4.69, 9.17) is 4.74 Å². The number of alkyl halides is 3. The van der Waals surface area contributed by atoms with E-state index in [9.17, 15) is 27.6 Å². The number of nitrogens with zero attached hydrogens (tertiary/aromatic N) is 4. The maximum absolute atomic E-state index is 13.9. The van der Waals surface area contributed by atoms with E-state index >= 15 is 0 Å².